The summed E-state index contributed by atoms with van der Waals surface area (Å²) in [6, 6.07) is 10.3. The molecule has 0 aliphatic carbocycles. The van der Waals surface area contributed by atoms with Crippen molar-refractivity contribution in [1.82, 2.24) is 10.3 Å². The van der Waals surface area contributed by atoms with Crippen LogP contribution in [0.3, 0.4) is 0 Å². The summed E-state index contributed by atoms with van der Waals surface area (Å²) < 4.78 is 27.2. The van der Waals surface area contributed by atoms with E-state index in [2.05, 4.69) is 10.3 Å². The third-order valence-corrected chi connectivity index (χ3v) is 4.10. The van der Waals surface area contributed by atoms with Gasteiger partial charge < -0.3 is 10.1 Å². The van der Waals surface area contributed by atoms with Crippen molar-refractivity contribution in [2.75, 3.05) is 6.61 Å². The van der Waals surface area contributed by atoms with Gasteiger partial charge in [0.25, 0.3) is 5.91 Å². The van der Waals surface area contributed by atoms with Crippen LogP contribution in [0.25, 0.3) is 0 Å². The fraction of sp³-hybridized carbons (Fsp3) is 0.188. The minimum Gasteiger partial charge on any atom is -0.461 e. The molecule has 2 rings (SSSR count). The number of rotatable bonds is 6. The molecule has 25 heavy (non-hydrogen) atoms. The van der Waals surface area contributed by atoms with Crippen LogP contribution in [-0.2, 0) is 21.3 Å². The quantitative estimate of drug-likeness (QED) is 0.732. The van der Waals surface area contributed by atoms with Crippen LogP contribution < -0.4 is 10.5 Å². The van der Waals surface area contributed by atoms with Crippen molar-refractivity contribution in [1.29, 1.82) is 0 Å². The number of benzene rings is 1. The third-order valence-electron chi connectivity index (χ3n) is 3.17. The monoisotopic (exact) mass is 363 g/mol. The van der Waals surface area contributed by atoms with Gasteiger partial charge in [0.1, 0.15) is 11.4 Å². The number of nitrogens with zero attached hydrogens (tertiary/aromatic N) is 1. The number of hydrogen-bond donors (Lipinski definition) is 2. The van der Waals surface area contributed by atoms with Gasteiger partial charge in [0.2, 0.25) is 10.0 Å². The van der Waals surface area contributed by atoms with E-state index in [9.17, 15) is 18.0 Å². The maximum Gasteiger partial charge on any atom is 0.356 e. The lowest BCUT2D eigenvalue weighted by Crippen LogP contribution is -2.24. The zero-order chi connectivity index (χ0) is 18.4. The van der Waals surface area contributed by atoms with E-state index in [4.69, 9.17) is 9.88 Å². The second kappa shape index (κ2) is 7.86. The summed E-state index contributed by atoms with van der Waals surface area (Å²) in [5.74, 6) is -1.07. The molecule has 1 aromatic carbocycles. The first kappa shape index (κ1) is 18.6. The Labute approximate surface area is 145 Å². The van der Waals surface area contributed by atoms with Crippen molar-refractivity contribution in [3.63, 3.8) is 0 Å². The van der Waals surface area contributed by atoms with Crippen molar-refractivity contribution in [3.8, 4) is 0 Å². The summed E-state index contributed by atoms with van der Waals surface area (Å²) in [7, 11) is -3.75. The summed E-state index contributed by atoms with van der Waals surface area (Å²) in [5.41, 5.74) is 0.806. The summed E-state index contributed by atoms with van der Waals surface area (Å²) >= 11 is 0. The smallest absolute Gasteiger partial charge is 0.356 e. The molecular weight excluding hydrogens is 346 g/mol. The number of ether oxygens (including phenoxy) is 1. The van der Waals surface area contributed by atoms with Crippen LogP contribution in [0.2, 0.25) is 0 Å². The molecule has 0 bridgehead atoms. The Kier molecular flexibility index (Phi) is 5.84. The second-order valence-electron chi connectivity index (χ2n) is 5.00. The van der Waals surface area contributed by atoms with Crippen molar-refractivity contribution >= 4 is 21.9 Å². The van der Waals surface area contributed by atoms with Gasteiger partial charge in [-0.25, -0.2) is 23.3 Å². The van der Waals surface area contributed by atoms with E-state index < -0.39 is 21.9 Å². The second-order valence-corrected chi connectivity index (χ2v) is 6.56. The predicted molar refractivity (Wildman–Crippen MR) is 89.2 cm³/mol. The number of amides is 1. The average Bonchev–Trinajstić information content (AvgIpc) is 2.59. The summed E-state index contributed by atoms with van der Waals surface area (Å²) in [6.45, 7) is 2.05. The lowest BCUT2D eigenvalue weighted by Gasteiger charge is -2.07. The van der Waals surface area contributed by atoms with E-state index in [-0.39, 0.29) is 29.4 Å². The fourth-order valence-corrected chi connectivity index (χ4v) is 2.47. The SMILES string of the molecule is CCOC(=O)c1cccc(C(=O)NCc2ccc(S(N)(=O)=O)cc2)n1. The molecule has 132 valence electrons. The molecule has 0 unspecified atom stereocenters. The van der Waals surface area contributed by atoms with Crippen LogP contribution in [0.4, 0.5) is 0 Å². The molecule has 2 aromatic rings. The van der Waals surface area contributed by atoms with Gasteiger partial charge in [-0.15, -0.1) is 0 Å². The van der Waals surface area contributed by atoms with Crippen LogP contribution in [0, 0.1) is 0 Å². The van der Waals surface area contributed by atoms with E-state index in [0.717, 1.165) is 0 Å². The Balaban J connectivity index is 2.03. The third kappa shape index (κ3) is 5.10. The highest BCUT2D eigenvalue weighted by atomic mass is 32.2. The molecule has 0 spiro atoms. The van der Waals surface area contributed by atoms with Crippen molar-refractivity contribution < 1.29 is 22.7 Å². The number of sulfonamides is 1. The van der Waals surface area contributed by atoms with Crippen LogP contribution in [0.5, 0.6) is 0 Å². The number of nitrogens with one attached hydrogen (secondary N) is 1. The fourth-order valence-electron chi connectivity index (χ4n) is 1.95. The number of primary sulfonamides is 1. The zero-order valence-electron chi connectivity index (χ0n) is 13.4. The van der Waals surface area contributed by atoms with Crippen LogP contribution in [0.1, 0.15) is 33.5 Å². The van der Waals surface area contributed by atoms with E-state index in [0.29, 0.717) is 5.56 Å². The van der Waals surface area contributed by atoms with Gasteiger partial charge in [-0.05, 0) is 36.8 Å². The molecule has 0 aliphatic rings. The normalized spacial score (nSPS) is 11.0. The molecule has 1 heterocycles. The first-order valence-corrected chi connectivity index (χ1v) is 8.90. The maximum atomic E-state index is 12.1. The van der Waals surface area contributed by atoms with Crippen molar-refractivity contribution in [2.45, 2.75) is 18.4 Å². The van der Waals surface area contributed by atoms with Crippen LogP contribution >= 0.6 is 0 Å². The molecule has 0 aliphatic heterocycles. The molecule has 3 N–H and O–H groups in total. The highest BCUT2D eigenvalue weighted by Gasteiger charge is 2.13. The molecule has 0 fully saturated rings. The molecule has 1 aromatic heterocycles. The number of hydrogen-bond acceptors (Lipinski definition) is 6. The van der Waals surface area contributed by atoms with E-state index in [1.807, 2.05) is 0 Å². The molecular formula is C16H17N3O5S. The average molecular weight is 363 g/mol. The van der Waals surface area contributed by atoms with Gasteiger partial charge in [-0.2, -0.15) is 0 Å². The Bertz CT molecular complexity index is 879. The Morgan fingerprint density at radius 3 is 2.36 bits per heavy atom. The molecule has 1 amide bonds. The number of nitrogens with two attached hydrogens (primary N) is 1. The molecule has 8 nitrogen and oxygen atoms in total. The maximum absolute atomic E-state index is 12.1. The van der Waals surface area contributed by atoms with Gasteiger partial charge in [0.05, 0.1) is 11.5 Å². The highest BCUT2D eigenvalue weighted by molar-refractivity contribution is 7.89. The zero-order valence-corrected chi connectivity index (χ0v) is 14.2. The summed E-state index contributed by atoms with van der Waals surface area (Å²) in [5, 5.41) is 7.66. The van der Waals surface area contributed by atoms with E-state index in [1.54, 1.807) is 19.1 Å². The van der Waals surface area contributed by atoms with Gasteiger partial charge in [0, 0.05) is 6.54 Å². The first-order valence-electron chi connectivity index (χ1n) is 7.35. The minimum absolute atomic E-state index is 0.00798. The summed E-state index contributed by atoms with van der Waals surface area (Å²) in [4.78, 5) is 27.7. The van der Waals surface area contributed by atoms with E-state index in [1.165, 1.54) is 30.3 Å². The highest BCUT2D eigenvalue weighted by Crippen LogP contribution is 2.09. The Hall–Kier alpha value is -2.78. The molecule has 0 atom stereocenters. The Morgan fingerprint density at radius 2 is 1.76 bits per heavy atom. The largest absolute Gasteiger partial charge is 0.461 e. The minimum atomic E-state index is -3.75. The van der Waals surface area contributed by atoms with Crippen LogP contribution in [-0.4, -0.2) is 31.9 Å². The number of carbonyl (C=O) groups excluding carboxylic acids is 2. The first-order chi connectivity index (χ1) is 11.8. The number of esters is 1. The number of pyridine rings is 1. The van der Waals surface area contributed by atoms with Gasteiger partial charge in [-0.3, -0.25) is 4.79 Å². The lowest BCUT2D eigenvalue weighted by atomic mass is 10.2. The Morgan fingerprint density at radius 1 is 1.12 bits per heavy atom. The van der Waals surface area contributed by atoms with Gasteiger partial charge >= 0.3 is 5.97 Å². The number of carbonyl (C=O) groups is 2. The predicted octanol–water partition coefficient (Wildman–Crippen LogP) is 0.836. The summed E-state index contributed by atoms with van der Waals surface area (Å²) in [6.07, 6.45) is 0. The van der Waals surface area contributed by atoms with Gasteiger partial charge in [0.15, 0.2) is 0 Å². The van der Waals surface area contributed by atoms with E-state index >= 15 is 0 Å². The number of aromatic nitrogens is 1. The molecule has 0 radical (unpaired) electrons. The van der Waals surface area contributed by atoms with Gasteiger partial charge in [-0.1, -0.05) is 18.2 Å². The van der Waals surface area contributed by atoms with Crippen LogP contribution in [0.15, 0.2) is 47.4 Å². The molecule has 0 saturated heterocycles. The van der Waals surface area contributed by atoms with Crippen molar-refractivity contribution in [2.24, 2.45) is 5.14 Å². The topological polar surface area (TPSA) is 128 Å². The molecule has 9 heteroatoms. The standard InChI is InChI=1S/C16H17N3O5S/c1-2-24-16(21)14-5-3-4-13(19-14)15(20)18-10-11-6-8-12(9-7-11)25(17,22)23/h3-9H,2,10H2,1H3,(H,18,20)(H2,17,22,23). The molecule has 0 saturated carbocycles. The van der Waals surface area contributed by atoms with Crippen molar-refractivity contribution in [3.05, 3.63) is 59.4 Å². The lowest BCUT2D eigenvalue weighted by molar-refractivity contribution is 0.0519.